The molecule has 0 aliphatic rings. The van der Waals surface area contributed by atoms with Crippen LogP contribution in [0.4, 0.5) is 18.9 Å². The van der Waals surface area contributed by atoms with E-state index in [1.807, 2.05) is 18.2 Å². The van der Waals surface area contributed by atoms with Crippen LogP contribution in [0.3, 0.4) is 0 Å². The van der Waals surface area contributed by atoms with E-state index in [1.54, 1.807) is 56.3 Å². The summed E-state index contributed by atoms with van der Waals surface area (Å²) < 4.78 is 44.8. The average Bonchev–Trinajstić information content (AvgIpc) is 2.78. The largest absolute Gasteiger partial charge is 0.546 e. The van der Waals surface area contributed by atoms with Crippen LogP contribution in [0.5, 0.6) is 11.5 Å². The number of halogens is 4. The summed E-state index contributed by atoms with van der Waals surface area (Å²) in [5.74, 6) is -0.611. The molecule has 0 heterocycles. The number of nitrogens with one attached hydrogen (secondary N) is 1. The molecule has 9 heteroatoms. The lowest BCUT2D eigenvalue weighted by atomic mass is 9.69. The van der Waals surface area contributed by atoms with Crippen molar-refractivity contribution in [2.24, 2.45) is 5.41 Å². The fourth-order valence-electron chi connectivity index (χ4n) is 3.70. The van der Waals surface area contributed by atoms with Gasteiger partial charge in [0.15, 0.2) is 5.54 Å². The van der Waals surface area contributed by atoms with Gasteiger partial charge in [0.25, 0.3) is 0 Å². The molecule has 0 fully saturated rings. The van der Waals surface area contributed by atoms with Crippen molar-refractivity contribution in [3.63, 3.8) is 0 Å². The number of hydrogen-bond donors (Lipinski definition) is 1. The van der Waals surface area contributed by atoms with E-state index in [9.17, 15) is 28.3 Å². The zero-order chi connectivity index (χ0) is 25.9. The molecule has 0 bridgehead atoms. The second-order valence-corrected chi connectivity index (χ2v) is 9.00. The third-order valence-electron chi connectivity index (χ3n) is 5.63. The molecule has 35 heavy (non-hydrogen) atoms. The van der Waals surface area contributed by atoms with Gasteiger partial charge >= 0.3 is 6.18 Å². The van der Waals surface area contributed by atoms with Crippen molar-refractivity contribution in [3.05, 3.63) is 88.9 Å². The van der Waals surface area contributed by atoms with Crippen LogP contribution >= 0.6 is 11.6 Å². The Kier molecular flexibility index (Phi) is 7.32. The number of carboxylic acid groups (broad SMARTS) is 1. The number of hydrogen-bond acceptors (Lipinski definition) is 5. The number of para-hydroxylation sites is 1. The molecule has 0 radical (unpaired) electrons. The summed E-state index contributed by atoms with van der Waals surface area (Å²) in [6, 6.07) is 20.2. The van der Waals surface area contributed by atoms with Crippen molar-refractivity contribution in [1.29, 1.82) is 5.26 Å². The number of benzene rings is 3. The molecule has 0 aromatic heterocycles. The number of rotatable bonds is 8. The van der Waals surface area contributed by atoms with Crippen molar-refractivity contribution < 1.29 is 27.8 Å². The Labute approximate surface area is 205 Å². The molecule has 0 aliphatic carbocycles. The molecule has 0 unspecified atom stereocenters. The van der Waals surface area contributed by atoms with Gasteiger partial charge in [-0.05, 0) is 54.4 Å². The minimum absolute atomic E-state index is 0.0891. The quantitative estimate of drug-likeness (QED) is 0.419. The van der Waals surface area contributed by atoms with Gasteiger partial charge in [-0.15, -0.1) is 0 Å². The molecule has 0 saturated heterocycles. The highest BCUT2D eigenvalue weighted by atomic mass is 35.5. The third kappa shape index (κ3) is 5.69. The van der Waals surface area contributed by atoms with E-state index < -0.39 is 28.7 Å². The van der Waals surface area contributed by atoms with Gasteiger partial charge < -0.3 is 20.0 Å². The number of carboxylic acids is 1. The summed E-state index contributed by atoms with van der Waals surface area (Å²) in [4.78, 5) is 12.3. The first-order valence-corrected chi connectivity index (χ1v) is 10.9. The highest BCUT2D eigenvalue weighted by Crippen LogP contribution is 2.40. The van der Waals surface area contributed by atoms with Gasteiger partial charge in [0, 0.05) is 5.41 Å². The van der Waals surface area contributed by atoms with Gasteiger partial charge in [-0.25, -0.2) is 0 Å². The zero-order valence-corrected chi connectivity index (χ0v) is 19.6. The van der Waals surface area contributed by atoms with Gasteiger partial charge in [0.05, 0.1) is 28.3 Å². The van der Waals surface area contributed by atoms with Gasteiger partial charge in [0.1, 0.15) is 11.5 Å². The SMILES string of the molecule is CC(C)(Cc1cccc(Oc2ccccc2)c1)[C@](C#N)(Nc1ccc(C(F)(F)F)cc1Cl)C(=O)[O-]. The van der Waals surface area contributed by atoms with Gasteiger partial charge in [-0.1, -0.05) is 55.8 Å². The number of ether oxygens (including phenoxy) is 1. The molecule has 1 N–H and O–H groups in total. The molecule has 0 amide bonds. The third-order valence-corrected chi connectivity index (χ3v) is 5.94. The Morgan fingerprint density at radius 3 is 2.26 bits per heavy atom. The van der Waals surface area contributed by atoms with Crippen molar-refractivity contribution >= 4 is 23.3 Å². The predicted molar refractivity (Wildman–Crippen MR) is 124 cm³/mol. The van der Waals surface area contributed by atoms with Crippen molar-refractivity contribution in [2.45, 2.75) is 32.0 Å². The molecule has 3 aromatic carbocycles. The van der Waals surface area contributed by atoms with E-state index >= 15 is 0 Å². The fourth-order valence-corrected chi connectivity index (χ4v) is 3.93. The Hall–Kier alpha value is -3.70. The van der Waals surface area contributed by atoms with Crippen LogP contribution in [0.1, 0.15) is 25.0 Å². The van der Waals surface area contributed by atoms with Gasteiger partial charge in [-0.3, -0.25) is 0 Å². The van der Waals surface area contributed by atoms with E-state index in [0.29, 0.717) is 23.1 Å². The molecule has 0 aliphatic heterocycles. The highest BCUT2D eigenvalue weighted by Gasteiger charge is 2.48. The molecule has 3 rings (SSSR count). The van der Waals surface area contributed by atoms with E-state index in [4.69, 9.17) is 16.3 Å². The number of carbonyl (C=O) groups excluding carboxylic acids is 1. The molecule has 3 aromatic rings. The standard InChI is InChI=1S/C26H22ClF3N2O3/c1-24(2,15-17-7-6-10-20(13-17)35-19-8-4-3-5-9-19)25(16-31,23(33)34)32-22-12-11-18(14-21(22)27)26(28,29)30/h3-14,32H,15H2,1-2H3,(H,33,34)/p-1/t25-/m1/s1. The summed E-state index contributed by atoms with van der Waals surface area (Å²) in [5, 5.41) is 24.4. The molecular formula is C26H21ClF3N2O3-. The fraction of sp³-hybridized carbons (Fsp3) is 0.231. The zero-order valence-electron chi connectivity index (χ0n) is 18.8. The topological polar surface area (TPSA) is 85.2 Å². The first kappa shape index (κ1) is 25.9. The lowest BCUT2D eigenvalue weighted by Crippen LogP contribution is -2.62. The van der Waals surface area contributed by atoms with Crippen molar-refractivity contribution in [2.75, 3.05) is 5.32 Å². The van der Waals surface area contributed by atoms with Gasteiger partial charge in [0.2, 0.25) is 0 Å². The highest BCUT2D eigenvalue weighted by molar-refractivity contribution is 6.33. The summed E-state index contributed by atoms with van der Waals surface area (Å²) in [5.41, 5.74) is -4.10. The second kappa shape index (κ2) is 9.88. The monoisotopic (exact) mass is 501 g/mol. The number of aliphatic carboxylic acids is 1. The Bertz CT molecular complexity index is 1260. The van der Waals surface area contributed by atoms with Crippen molar-refractivity contribution in [3.8, 4) is 17.6 Å². The van der Waals surface area contributed by atoms with Crippen LogP contribution in [-0.4, -0.2) is 11.5 Å². The number of nitriles is 1. The van der Waals surface area contributed by atoms with Crippen LogP contribution < -0.4 is 15.2 Å². The summed E-state index contributed by atoms with van der Waals surface area (Å²) in [6.45, 7) is 3.09. The maximum absolute atomic E-state index is 13.0. The van der Waals surface area contributed by atoms with E-state index in [0.717, 1.165) is 12.1 Å². The van der Waals surface area contributed by atoms with Crippen molar-refractivity contribution in [1.82, 2.24) is 0 Å². The van der Waals surface area contributed by atoms with Crippen LogP contribution in [0.15, 0.2) is 72.8 Å². The molecule has 0 saturated carbocycles. The number of anilines is 1. The Balaban J connectivity index is 1.92. The summed E-state index contributed by atoms with van der Waals surface area (Å²) >= 11 is 6.01. The Morgan fingerprint density at radius 2 is 1.69 bits per heavy atom. The predicted octanol–water partition coefficient (Wildman–Crippen LogP) is 5.84. The maximum atomic E-state index is 13.0. The van der Waals surface area contributed by atoms with Crippen LogP contribution in [0, 0.1) is 16.7 Å². The number of nitrogens with zero attached hydrogens (tertiary/aromatic N) is 1. The molecule has 182 valence electrons. The minimum atomic E-state index is -4.63. The van der Waals surface area contributed by atoms with Gasteiger partial charge in [-0.2, -0.15) is 18.4 Å². The Morgan fingerprint density at radius 1 is 1.03 bits per heavy atom. The van der Waals surface area contributed by atoms with Crippen LogP contribution in [0.25, 0.3) is 0 Å². The van der Waals surface area contributed by atoms with E-state index in [1.165, 1.54) is 0 Å². The summed E-state index contributed by atoms with van der Waals surface area (Å²) in [6.07, 6.45) is -4.54. The molecular weight excluding hydrogens is 481 g/mol. The minimum Gasteiger partial charge on any atom is -0.546 e. The normalized spacial score (nSPS) is 13.4. The first-order valence-electron chi connectivity index (χ1n) is 10.5. The smallest absolute Gasteiger partial charge is 0.416 e. The number of carbonyl (C=O) groups is 1. The number of alkyl halides is 3. The second-order valence-electron chi connectivity index (χ2n) is 8.59. The lowest BCUT2D eigenvalue weighted by molar-refractivity contribution is -0.313. The summed E-state index contributed by atoms with van der Waals surface area (Å²) in [7, 11) is 0. The molecule has 5 nitrogen and oxygen atoms in total. The maximum Gasteiger partial charge on any atom is 0.416 e. The van der Waals surface area contributed by atoms with E-state index in [-0.39, 0.29) is 17.1 Å². The first-order chi connectivity index (χ1) is 16.4. The molecule has 1 atom stereocenters. The van der Waals surface area contributed by atoms with Crippen LogP contribution in [-0.2, 0) is 17.4 Å². The molecule has 0 spiro atoms. The van der Waals surface area contributed by atoms with E-state index in [2.05, 4.69) is 5.32 Å². The lowest BCUT2D eigenvalue weighted by Gasteiger charge is -2.43. The average molecular weight is 502 g/mol. The van der Waals surface area contributed by atoms with Crippen LogP contribution in [0.2, 0.25) is 5.02 Å².